The maximum atomic E-state index is 11.9. The Bertz CT molecular complexity index is 315. The van der Waals surface area contributed by atoms with Gasteiger partial charge in [-0.2, -0.15) is 0 Å². The summed E-state index contributed by atoms with van der Waals surface area (Å²) < 4.78 is 25.5. The van der Waals surface area contributed by atoms with Gasteiger partial charge >= 0.3 is 0 Å². The summed E-state index contributed by atoms with van der Waals surface area (Å²) >= 11 is 0. The van der Waals surface area contributed by atoms with E-state index in [2.05, 4.69) is 5.32 Å². The lowest BCUT2D eigenvalue weighted by Crippen LogP contribution is -2.47. The first-order chi connectivity index (χ1) is 7.13. The number of fused-ring (bicyclic) bond motifs is 1. The summed E-state index contributed by atoms with van der Waals surface area (Å²) in [5, 5.41) is 3.44. The number of hydrogen-bond donors (Lipinski definition) is 1. The molecule has 0 spiro atoms. The lowest BCUT2D eigenvalue weighted by Gasteiger charge is -2.33. The molecule has 0 saturated carbocycles. The van der Waals surface area contributed by atoms with Crippen molar-refractivity contribution in [1.29, 1.82) is 0 Å². The maximum Gasteiger partial charge on any atom is 0.214 e. The van der Waals surface area contributed by atoms with Crippen molar-refractivity contribution in [1.82, 2.24) is 9.62 Å². The van der Waals surface area contributed by atoms with Crippen molar-refractivity contribution in [2.45, 2.75) is 32.2 Å². The van der Waals surface area contributed by atoms with Crippen LogP contribution >= 0.6 is 0 Å². The summed E-state index contributed by atoms with van der Waals surface area (Å²) in [6, 6.07) is 0.568. The Kier molecular flexibility index (Phi) is 3.33. The third kappa shape index (κ3) is 2.34. The molecule has 2 unspecified atom stereocenters. The molecule has 0 aliphatic carbocycles. The number of piperidine rings is 1. The van der Waals surface area contributed by atoms with E-state index in [4.69, 9.17) is 0 Å². The zero-order chi connectivity index (χ0) is 10.9. The van der Waals surface area contributed by atoms with Gasteiger partial charge in [0, 0.05) is 19.1 Å². The first-order valence-electron chi connectivity index (χ1n) is 5.84. The summed E-state index contributed by atoms with van der Waals surface area (Å²) in [7, 11) is -2.97. The Morgan fingerprint density at radius 1 is 1.40 bits per heavy atom. The molecule has 0 radical (unpaired) electrons. The third-order valence-electron chi connectivity index (χ3n) is 3.47. The molecule has 5 heteroatoms. The van der Waals surface area contributed by atoms with Crippen molar-refractivity contribution < 1.29 is 8.42 Å². The van der Waals surface area contributed by atoms with Gasteiger partial charge in [-0.25, -0.2) is 12.7 Å². The molecule has 0 bridgehead atoms. The van der Waals surface area contributed by atoms with Crippen LogP contribution in [0, 0.1) is 5.92 Å². The lowest BCUT2D eigenvalue weighted by atomic mass is 9.95. The molecule has 2 rings (SSSR count). The zero-order valence-electron chi connectivity index (χ0n) is 9.28. The molecule has 1 N–H and O–H groups in total. The second-order valence-electron chi connectivity index (χ2n) is 4.57. The first-order valence-corrected chi connectivity index (χ1v) is 7.45. The van der Waals surface area contributed by atoms with E-state index in [1.54, 1.807) is 4.31 Å². The van der Waals surface area contributed by atoms with E-state index in [9.17, 15) is 8.42 Å². The van der Waals surface area contributed by atoms with E-state index < -0.39 is 10.0 Å². The Balaban J connectivity index is 2.00. The van der Waals surface area contributed by atoms with Crippen LogP contribution in [0.15, 0.2) is 0 Å². The fourth-order valence-electron chi connectivity index (χ4n) is 2.65. The molecule has 2 saturated heterocycles. The summed E-state index contributed by atoms with van der Waals surface area (Å²) in [5.74, 6) is 0.850. The quantitative estimate of drug-likeness (QED) is 0.767. The van der Waals surface area contributed by atoms with Gasteiger partial charge in [0.25, 0.3) is 0 Å². The fraction of sp³-hybridized carbons (Fsp3) is 1.00. The highest BCUT2D eigenvalue weighted by Gasteiger charge is 2.36. The SMILES string of the molecule is CCCS(=O)(=O)N1CCC2NCCC2C1. The van der Waals surface area contributed by atoms with Crippen LogP contribution in [-0.2, 0) is 10.0 Å². The number of hydrogen-bond acceptors (Lipinski definition) is 3. The maximum absolute atomic E-state index is 11.9. The van der Waals surface area contributed by atoms with Gasteiger partial charge in [0.05, 0.1) is 5.75 Å². The molecule has 0 aromatic heterocycles. The van der Waals surface area contributed by atoms with Gasteiger partial charge < -0.3 is 5.32 Å². The molecule has 4 nitrogen and oxygen atoms in total. The smallest absolute Gasteiger partial charge is 0.214 e. The highest BCUT2D eigenvalue weighted by Crippen LogP contribution is 2.26. The predicted octanol–water partition coefficient (Wildman–Crippen LogP) is 0.410. The summed E-state index contributed by atoms with van der Waals surface area (Å²) in [5.41, 5.74) is 0. The van der Waals surface area contributed by atoms with Crippen molar-refractivity contribution in [2.24, 2.45) is 5.92 Å². The molecule has 2 aliphatic heterocycles. The van der Waals surface area contributed by atoms with Crippen molar-refractivity contribution >= 4 is 10.0 Å². The second-order valence-corrected chi connectivity index (χ2v) is 6.66. The highest BCUT2D eigenvalue weighted by atomic mass is 32.2. The van der Waals surface area contributed by atoms with Crippen LogP contribution in [0.2, 0.25) is 0 Å². The van der Waals surface area contributed by atoms with Crippen LogP contribution in [0.3, 0.4) is 0 Å². The van der Waals surface area contributed by atoms with Gasteiger partial charge in [0.2, 0.25) is 10.0 Å². The minimum absolute atomic E-state index is 0.303. The van der Waals surface area contributed by atoms with Crippen molar-refractivity contribution in [3.63, 3.8) is 0 Å². The summed E-state index contributed by atoms with van der Waals surface area (Å²) in [6.45, 7) is 4.41. The van der Waals surface area contributed by atoms with Crippen LogP contribution in [0.4, 0.5) is 0 Å². The molecular weight excluding hydrogens is 212 g/mol. The normalized spacial score (nSPS) is 32.9. The molecule has 2 fully saturated rings. The average Bonchev–Trinajstić information content (AvgIpc) is 2.63. The minimum Gasteiger partial charge on any atom is -0.314 e. The molecular formula is C10H20N2O2S. The van der Waals surface area contributed by atoms with E-state index in [-0.39, 0.29) is 0 Å². The van der Waals surface area contributed by atoms with Gasteiger partial charge in [-0.05, 0) is 31.7 Å². The van der Waals surface area contributed by atoms with Crippen LogP contribution in [0.1, 0.15) is 26.2 Å². The zero-order valence-corrected chi connectivity index (χ0v) is 10.1. The Hall–Kier alpha value is -0.130. The van der Waals surface area contributed by atoms with Crippen LogP contribution < -0.4 is 5.32 Å². The summed E-state index contributed by atoms with van der Waals surface area (Å²) in [4.78, 5) is 0. The van der Waals surface area contributed by atoms with Gasteiger partial charge in [-0.1, -0.05) is 6.92 Å². The van der Waals surface area contributed by atoms with E-state index in [0.717, 1.165) is 25.9 Å². The molecule has 0 aromatic rings. The van der Waals surface area contributed by atoms with E-state index in [1.165, 1.54) is 0 Å². The van der Waals surface area contributed by atoms with Crippen molar-refractivity contribution in [3.05, 3.63) is 0 Å². The molecule has 2 aliphatic rings. The molecule has 0 amide bonds. The van der Waals surface area contributed by atoms with Gasteiger partial charge in [0.1, 0.15) is 0 Å². The minimum atomic E-state index is -2.97. The van der Waals surface area contributed by atoms with Crippen LogP contribution in [0.25, 0.3) is 0 Å². The molecule has 15 heavy (non-hydrogen) atoms. The van der Waals surface area contributed by atoms with Gasteiger partial charge in [-0.3, -0.25) is 0 Å². The molecule has 88 valence electrons. The van der Waals surface area contributed by atoms with Gasteiger partial charge in [0.15, 0.2) is 0 Å². The van der Waals surface area contributed by atoms with E-state index in [1.807, 2.05) is 6.92 Å². The Labute approximate surface area is 92.1 Å². The first kappa shape index (κ1) is 11.4. The standard InChI is InChI=1S/C10H20N2O2S/c1-2-7-15(13,14)12-6-4-10-9(8-12)3-5-11-10/h9-11H,2-8H2,1H3. The van der Waals surface area contributed by atoms with Gasteiger partial charge in [-0.15, -0.1) is 0 Å². The van der Waals surface area contributed by atoms with E-state index in [0.29, 0.717) is 30.7 Å². The highest BCUT2D eigenvalue weighted by molar-refractivity contribution is 7.89. The molecule has 0 aromatic carbocycles. The lowest BCUT2D eigenvalue weighted by molar-refractivity contribution is 0.247. The fourth-order valence-corrected chi connectivity index (χ4v) is 4.23. The third-order valence-corrected chi connectivity index (χ3v) is 5.52. The largest absolute Gasteiger partial charge is 0.314 e. The number of sulfonamides is 1. The Morgan fingerprint density at radius 2 is 2.20 bits per heavy atom. The monoisotopic (exact) mass is 232 g/mol. The van der Waals surface area contributed by atoms with Crippen molar-refractivity contribution in [3.8, 4) is 0 Å². The van der Waals surface area contributed by atoms with Crippen LogP contribution in [-0.4, -0.2) is 44.2 Å². The predicted molar refractivity (Wildman–Crippen MR) is 60.2 cm³/mol. The van der Waals surface area contributed by atoms with Crippen LogP contribution in [0.5, 0.6) is 0 Å². The molecule has 2 atom stereocenters. The number of nitrogens with zero attached hydrogens (tertiary/aromatic N) is 1. The van der Waals surface area contributed by atoms with Crippen molar-refractivity contribution in [2.75, 3.05) is 25.4 Å². The number of rotatable bonds is 3. The average molecular weight is 232 g/mol. The second kappa shape index (κ2) is 4.39. The number of nitrogens with one attached hydrogen (secondary N) is 1. The summed E-state index contributed by atoms with van der Waals surface area (Å²) in [6.07, 6.45) is 2.82. The Morgan fingerprint density at radius 3 is 2.93 bits per heavy atom. The topological polar surface area (TPSA) is 49.4 Å². The molecule has 2 heterocycles. The van der Waals surface area contributed by atoms with E-state index >= 15 is 0 Å².